The molecule has 1 aliphatic carbocycles. The Morgan fingerprint density at radius 3 is 2.41 bits per heavy atom. The number of hydrogen-bond donors (Lipinski definition) is 1. The molecule has 0 spiro atoms. The highest BCUT2D eigenvalue weighted by Gasteiger charge is 2.31. The van der Waals surface area contributed by atoms with Crippen LogP contribution in [0.3, 0.4) is 0 Å². The molecule has 1 unspecified atom stereocenters. The fourth-order valence-electron chi connectivity index (χ4n) is 2.95. The molecule has 0 amide bonds. The van der Waals surface area contributed by atoms with Crippen LogP contribution in [0.2, 0.25) is 0 Å². The maximum absolute atomic E-state index is 12.2. The Bertz CT molecular complexity index is 330. The molecule has 4 nitrogen and oxygen atoms in total. The van der Waals surface area contributed by atoms with Gasteiger partial charge < -0.3 is 5.32 Å². The second kappa shape index (κ2) is 5.67. The van der Waals surface area contributed by atoms with Crippen LogP contribution in [0.1, 0.15) is 32.6 Å². The molecule has 0 aromatic heterocycles. The summed E-state index contributed by atoms with van der Waals surface area (Å²) in [5.41, 5.74) is 0. The van der Waals surface area contributed by atoms with Crippen LogP contribution in [0.4, 0.5) is 0 Å². The van der Waals surface area contributed by atoms with Crippen LogP contribution in [-0.4, -0.2) is 56.5 Å². The third-order valence-corrected chi connectivity index (χ3v) is 6.49. The van der Waals surface area contributed by atoms with Crippen molar-refractivity contribution < 1.29 is 8.42 Å². The van der Waals surface area contributed by atoms with Gasteiger partial charge in [-0.25, -0.2) is 8.42 Å². The van der Waals surface area contributed by atoms with Gasteiger partial charge in [0.05, 0.1) is 11.0 Å². The zero-order chi connectivity index (χ0) is 12.3. The van der Waals surface area contributed by atoms with E-state index < -0.39 is 9.84 Å². The standard InChI is InChI=1S/C12H24N2O2S/c1-11(14-8-6-13-7-9-14)10-17(15,16)12-4-2-3-5-12/h11-13H,2-10H2,1H3. The topological polar surface area (TPSA) is 49.4 Å². The molecule has 5 heteroatoms. The normalized spacial score (nSPS) is 26.2. The van der Waals surface area contributed by atoms with Crippen LogP contribution < -0.4 is 5.32 Å². The molecule has 100 valence electrons. The number of piperazine rings is 1. The second-order valence-corrected chi connectivity index (χ2v) is 7.70. The van der Waals surface area contributed by atoms with Gasteiger partial charge in [0.15, 0.2) is 9.84 Å². The van der Waals surface area contributed by atoms with E-state index in [1.54, 1.807) is 0 Å². The first kappa shape index (κ1) is 13.3. The summed E-state index contributed by atoms with van der Waals surface area (Å²) in [7, 11) is -2.87. The highest BCUT2D eigenvalue weighted by molar-refractivity contribution is 7.92. The van der Waals surface area contributed by atoms with Crippen molar-refractivity contribution >= 4 is 9.84 Å². The molecule has 2 fully saturated rings. The lowest BCUT2D eigenvalue weighted by Gasteiger charge is -2.33. The average molecular weight is 260 g/mol. The Kier molecular flexibility index (Phi) is 4.44. The van der Waals surface area contributed by atoms with E-state index in [1.165, 1.54) is 0 Å². The van der Waals surface area contributed by atoms with Gasteiger partial charge in [-0.05, 0) is 19.8 Å². The number of sulfone groups is 1. The maximum Gasteiger partial charge on any atom is 0.154 e. The average Bonchev–Trinajstić information content (AvgIpc) is 2.84. The highest BCUT2D eigenvalue weighted by atomic mass is 32.2. The predicted octanol–water partition coefficient (Wildman–Crippen LogP) is 0.638. The molecule has 1 saturated heterocycles. The number of nitrogens with zero attached hydrogens (tertiary/aromatic N) is 1. The zero-order valence-corrected chi connectivity index (χ0v) is 11.5. The van der Waals surface area contributed by atoms with Crippen molar-refractivity contribution in [3.05, 3.63) is 0 Å². The first-order valence-electron chi connectivity index (χ1n) is 6.76. The van der Waals surface area contributed by atoms with E-state index in [9.17, 15) is 8.42 Å². The molecular weight excluding hydrogens is 236 g/mol. The fourth-order valence-corrected chi connectivity index (χ4v) is 5.16. The van der Waals surface area contributed by atoms with Crippen LogP contribution in [0, 0.1) is 0 Å². The maximum atomic E-state index is 12.2. The second-order valence-electron chi connectivity index (χ2n) is 5.37. The molecule has 1 atom stereocenters. The molecule has 1 N–H and O–H groups in total. The van der Waals surface area contributed by atoms with Crippen molar-refractivity contribution in [2.24, 2.45) is 0 Å². The van der Waals surface area contributed by atoms with Gasteiger partial charge in [-0.15, -0.1) is 0 Å². The molecule has 2 rings (SSSR count). The molecule has 17 heavy (non-hydrogen) atoms. The lowest BCUT2D eigenvalue weighted by Crippen LogP contribution is -2.50. The van der Waals surface area contributed by atoms with Crippen molar-refractivity contribution in [2.45, 2.75) is 43.9 Å². The van der Waals surface area contributed by atoms with E-state index in [0.717, 1.165) is 51.9 Å². The summed E-state index contributed by atoms with van der Waals surface area (Å²) in [5.74, 6) is 0.345. The van der Waals surface area contributed by atoms with E-state index in [1.807, 2.05) is 0 Å². The Morgan fingerprint density at radius 2 is 1.82 bits per heavy atom. The van der Waals surface area contributed by atoms with Crippen molar-refractivity contribution in [3.8, 4) is 0 Å². The van der Waals surface area contributed by atoms with Crippen molar-refractivity contribution in [1.82, 2.24) is 10.2 Å². The lowest BCUT2D eigenvalue weighted by molar-refractivity contribution is 0.197. The molecule has 0 radical (unpaired) electrons. The molecule has 0 aromatic rings. The van der Waals surface area contributed by atoms with E-state index in [4.69, 9.17) is 0 Å². The van der Waals surface area contributed by atoms with Gasteiger partial charge in [0.1, 0.15) is 0 Å². The molecule has 1 heterocycles. The summed E-state index contributed by atoms with van der Waals surface area (Å²) in [4.78, 5) is 2.29. The molecule has 1 aliphatic heterocycles. The Morgan fingerprint density at radius 1 is 1.24 bits per heavy atom. The number of rotatable bonds is 4. The Hall–Kier alpha value is -0.130. The van der Waals surface area contributed by atoms with Crippen molar-refractivity contribution in [2.75, 3.05) is 31.9 Å². The van der Waals surface area contributed by atoms with Crippen LogP contribution in [-0.2, 0) is 9.84 Å². The molecule has 0 aromatic carbocycles. The summed E-state index contributed by atoms with van der Waals surface area (Å²) >= 11 is 0. The minimum Gasteiger partial charge on any atom is -0.314 e. The molecule has 0 bridgehead atoms. The molecular formula is C12H24N2O2S. The first-order valence-corrected chi connectivity index (χ1v) is 8.47. The Labute approximate surface area is 105 Å². The van der Waals surface area contributed by atoms with Gasteiger partial charge in [0.2, 0.25) is 0 Å². The largest absolute Gasteiger partial charge is 0.314 e. The van der Waals surface area contributed by atoms with Crippen LogP contribution in [0.5, 0.6) is 0 Å². The molecule has 2 aliphatic rings. The number of hydrogen-bond acceptors (Lipinski definition) is 4. The number of nitrogens with one attached hydrogen (secondary N) is 1. The van der Waals surface area contributed by atoms with E-state index in [0.29, 0.717) is 5.75 Å². The third-order valence-electron chi connectivity index (χ3n) is 4.06. The zero-order valence-electron chi connectivity index (χ0n) is 10.7. The van der Waals surface area contributed by atoms with Gasteiger partial charge in [0, 0.05) is 32.2 Å². The third kappa shape index (κ3) is 3.42. The fraction of sp³-hybridized carbons (Fsp3) is 1.00. The quantitative estimate of drug-likeness (QED) is 0.806. The van der Waals surface area contributed by atoms with E-state index in [-0.39, 0.29) is 11.3 Å². The summed E-state index contributed by atoms with van der Waals surface area (Å²) in [6, 6.07) is 0.169. The van der Waals surface area contributed by atoms with Crippen LogP contribution >= 0.6 is 0 Å². The van der Waals surface area contributed by atoms with Crippen molar-refractivity contribution in [3.63, 3.8) is 0 Å². The van der Waals surface area contributed by atoms with Gasteiger partial charge in [-0.1, -0.05) is 12.8 Å². The van der Waals surface area contributed by atoms with E-state index in [2.05, 4.69) is 17.1 Å². The van der Waals surface area contributed by atoms with Gasteiger partial charge in [0.25, 0.3) is 0 Å². The SMILES string of the molecule is CC(CS(=O)(=O)C1CCCC1)N1CCNCC1. The summed E-state index contributed by atoms with van der Waals surface area (Å²) < 4.78 is 24.5. The van der Waals surface area contributed by atoms with Crippen LogP contribution in [0.25, 0.3) is 0 Å². The minimum atomic E-state index is -2.87. The monoisotopic (exact) mass is 260 g/mol. The van der Waals surface area contributed by atoms with Crippen LogP contribution in [0.15, 0.2) is 0 Å². The Balaban J connectivity index is 1.90. The van der Waals surface area contributed by atoms with Gasteiger partial charge in [-0.2, -0.15) is 0 Å². The van der Waals surface area contributed by atoms with Gasteiger partial charge >= 0.3 is 0 Å². The van der Waals surface area contributed by atoms with E-state index >= 15 is 0 Å². The summed E-state index contributed by atoms with van der Waals surface area (Å²) in [5, 5.41) is 3.25. The smallest absolute Gasteiger partial charge is 0.154 e. The summed E-state index contributed by atoms with van der Waals surface area (Å²) in [6.45, 7) is 5.96. The minimum absolute atomic E-state index is 0.0483. The van der Waals surface area contributed by atoms with Gasteiger partial charge in [-0.3, -0.25) is 4.90 Å². The predicted molar refractivity (Wildman–Crippen MR) is 69.9 cm³/mol. The first-order chi connectivity index (χ1) is 8.09. The lowest BCUT2D eigenvalue weighted by atomic mass is 10.3. The highest BCUT2D eigenvalue weighted by Crippen LogP contribution is 2.26. The summed E-state index contributed by atoms with van der Waals surface area (Å²) in [6.07, 6.45) is 3.95. The molecule has 1 saturated carbocycles. The van der Waals surface area contributed by atoms with Crippen molar-refractivity contribution in [1.29, 1.82) is 0 Å².